The predicted octanol–water partition coefficient (Wildman–Crippen LogP) is 4.69. The highest BCUT2D eigenvalue weighted by Gasteiger charge is 2.09. The normalized spacial score (nSPS) is 10.5. The van der Waals surface area contributed by atoms with Gasteiger partial charge in [0, 0.05) is 18.4 Å². The van der Waals surface area contributed by atoms with E-state index in [0.717, 1.165) is 0 Å². The third-order valence-corrected chi connectivity index (χ3v) is 3.43. The first-order valence-electron chi connectivity index (χ1n) is 6.37. The minimum atomic E-state index is 1.27. The Balaban J connectivity index is 2.44. The Bertz CT molecular complexity index is 518. The molecule has 0 aliphatic heterocycles. The number of anilines is 2. The second-order valence-corrected chi connectivity index (χ2v) is 5.14. The van der Waals surface area contributed by atoms with Gasteiger partial charge in [0.1, 0.15) is 0 Å². The van der Waals surface area contributed by atoms with Crippen molar-refractivity contribution in [1.29, 1.82) is 0 Å². The Kier molecular flexibility index (Phi) is 3.42. The third-order valence-electron chi connectivity index (χ3n) is 3.43. The van der Waals surface area contributed by atoms with E-state index in [2.05, 4.69) is 76.0 Å². The van der Waals surface area contributed by atoms with E-state index in [1.54, 1.807) is 0 Å². The van der Waals surface area contributed by atoms with Gasteiger partial charge in [0.15, 0.2) is 0 Å². The van der Waals surface area contributed by atoms with Crippen LogP contribution in [0.3, 0.4) is 0 Å². The van der Waals surface area contributed by atoms with Crippen LogP contribution in [-0.2, 0) is 0 Å². The lowest BCUT2D eigenvalue weighted by Crippen LogP contribution is -2.12. The molecule has 0 unspecified atom stereocenters. The molecule has 0 aromatic heterocycles. The fourth-order valence-corrected chi connectivity index (χ4v) is 2.49. The van der Waals surface area contributed by atoms with Crippen molar-refractivity contribution in [2.75, 3.05) is 11.9 Å². The van der Waals surface area contributed by atoms with Crippen LogP contribution in [0, 0.1) is 27.7 Å². The van der Waals surface area contributed by atoms with Crippen molar-refractivity contribution in [3.63, 3.8) is 0 Å². The molecule has 1 nitrogen and oxygen atoms in total. The number of benzene rings is 2. The van der Waals surface area contributed by atoms with Crippen molar-refractivity contribution < 1.29 is 0 Å². The van der Waals surface area contributed by atoms with Gasteiger partial charge in [-0.05, 0) is 51.0 Å². The van der Waals surface area contributed by atoms with Gasteiger partial charge in [-0.1, -0.05) is 35.4 Å². The second kappa shape index (κ2) is 4.85. The number of hydrogen-bond acceptors (Lipinski definition) is 1. The van der Waals surface area contributed by atoms with Crippen LogP contribution in [0.2, 0.25) is 0 Å². The van der Waals surface area contributed by atoms with Crippen molar-refractivity contribution in [2.45, 2.75) is 27.7 Å². The van der Waals surface area contributed by atoms with Gasteiger partial charge in [-0.3, -0.25) is 0 Å². The van der Waals surface area contributed by atoms with Gasteiger partial charge >= 0.3 is 0 Å². The molecule has 0 N–H and O–H groups in total. The first kappa shape index (κ1) is 12.7. The maximum Gasteiger partial charge on any atom is 0.0438 e. The Hall–Kier alpha value is -1.76. The predicted molar refractivity (Wildman–Crippen MR) is 79.9 cm³/mol. The molecule has 0 saturated heterocycles. The molecule has 94 valence electrons. The van der Waals surface area contributed by atoms with Gasteiger partial charge in [-0.25, -0.2) is 0 Å². The summed E-state index contributed by atoms with van der Waals surface area (Å²) in [4.78, 5) is 2.27. The fraction of sp³-hybridized carbons (Fsp3) is 0.294. The summed E-state index contributed by atoms with van der Waals surface area (Å²) in [7, 11) is 2.13. The molecule has 2 rings (SSSR count). The van der Waals surface area contributed by atoms with Crippen LogP contribution < -0.4 is 4.90 Å². The maximum absolute atomic E-state index is 2.27. The minimum absolute atomic E-state index is 1.27. The molecule has 0 amide bonds. The van der Waals surface area contributed by atoms with Crippen LogP contribution in [0.25, 0.3) is 0 Å². The van der Waals surface area contributed by atoms with E-state index in [1.165, 1.54) is 33.6 Å². The Morgan fingerprint density at radius 1 is 0.667 bits per heavy atom. The van der Waals surface area contributed by atoms with E-state index in [0.29, 0.717) is 0 Å². The van der Waals surface area contributed by atoms with Gasteiger partial charge in [-0.15, -0.1) is 0 Å². The molecule has 0 aliphatic carbocycles. The van der Waals surface area contributed by atoms with Gasteiger partial charge < -0.3 is 4.90 Å². The highest BCUT2D eigenvalue weighted by atomic mass is 15.1. The number of hydrogen-bond donors (Lipinski definition) is 0. The third kappa shape index (κ3) is 2.40. The van der Waals surface area contributed by atoms with Crippen LogP contribution in [-0.4, -0.2) is 7.05 Å². The van der Waals surface area contributed by atoms with E-state index >= 15 is 0 Å². The summed E-state index contributed by atoms with van der Waals surface area (Å²) in [6.45, 7) is 8.60. The Morgan fingerprint density at radius 2 is 1.06 bits per heavy atom. The van der Waals surface area contributed by atoms with E-state index < -0.39 is 0 Å². The zero-order valence-electron chi connectivity index (χ0n) is 11.9. The lowest BCUT2D eigenvalue weighted by Gasteiger charge is -2.24. The first-order valence-corrected chi connectivity index (χ1v) is 6.37. The smallest absolute Gasteiger partial charge is 0.0438 e. The summed E-state index contributed by atoms with van der Waals surface area (Å²) in [5, 5.41) is 0. The van der Waals surface area contributed by atoms with Gasteiger partial charge in [0.2, 0.25) is 0 Å². The van der Waals surface area contributed by atoms with E-state index in [4.69, 9.17) is 0 Å². The SMILES string of the molecule is Cc1ccc(N(C)c2ccc(C)cc2C)c(C)c1. The summed E-state index contributed by atoms with van der Waals surface area (Å²) < 4.78 is 0. The summed E-state index contributed by atoms with van der Waals surface area (Å²) in [5.74, 6) is 0. The van der Waals surface area contributed by atoms with Crippen molar-refractivity contribution >= 4 is 11.4 Å². The molecule has 2 aromatic rings. The summed E-state index contributed by atoms with van der Waals surface area (Å²) in [5.41, 5.74) is 7.80. The highest BCUT2D eigenvalue weighted by molar-refractivity contribution is 5.68. The second-order valence-electron chi connectivity index (χ2n) is 5.14. The monoisotopic (exact) mass is 239 g/mol. The average Bonchev–Trinajstić information content (AvgIpc) is 2.28. The highest BCUT2D eigenvalue weighted by Crippen LogP contribution is 2.30. The van der Waals surface area contributed by atoms with Crippen LogP contribution in [0.15, 0.2) is 36.4 Å². The van der Waals surface area contributed by atoms with Crippen molar-refractivity contribution in [1.82, 2.24) is 0 Å². The molecule has 0 fully saturated rings. The summed E-state index contributed by atoms with van der Waals surface area (Å²) in [6.07, 6.45) is 0. The standard InChI is InChI=1S/C17H21N/c1-12-6-8-16(14(3)10-12)18(5)17-9-7-13(2)11-15(17)4/h6-11H,1-5H3. The average molecular weight is 239 g/mol. The van der Waals surface area contributed by atoms with E-state index in [9.17, 15) is 0 Å². The zero-order valence-corrected chi connectivity index (χ0v) is 11.9. The molecule has 0 spiro atoms. The molecule has 0 bridgehead atoms. The fourth-order valence-electron chi connectivity index (χ4n) is 2.49. The van der Waals surface area contributed by atoms with Crippen LogP contribution in [0.5, 0.6) is 0 Å². The van der Waals surface area contributed by atoms with E-state index in [-0.39, 0.29) is 0 Å². The van der Waals surface area contributed by atoms with Crippen LogP contribution >= 0.6 is 0 Å². The lowest BCUT2D eigenvalue weighted by atomic mass is 10.1. The number of aryl methyl sites for hydroxylation is 4. The van der Waals surface area contributed by atoms with Gasteiger partial charge in [0.05, 0.1) is 0 Å². The van der Waals surface area contributed by atoms with Crippen molar-refractivity contribution in [3.05, 3.63) is 58.7 Å². The molecule has 1 heteroatoms. The largest absolute Gasteiger partial charge is 0.344 e. The maximum atomic E-state index is 2.27. The molecule has 2 aromatic carbocycles. The Labute approximate surface area is 110 Å². The quantitative estimate of drug-likeness (QED) is 0.735. The molecular formula is C17H21N. The topological polar surface area (TPSA) is 3.24 Å². The summed E-state index contributed by atoms with van der Waals surface area (Å²) in [6, 6.07) is 13.2. The number of nitrogens with zero attached hydrogens (tertiary/aromatic N) is 1. The molecule has 18 heavy (non-hydrogen) atoms. The van der Waals surface area contributed by atoms with Gasteiger partial charge in [0.25, 0.3) is 0 Å². The van der Waals surface area contributed by atoms with Crippen LogP contribution in [0.4, 0.5) is 11.4 Å². The molecule has 0 atom stereocenters. The summed E-state index contributed by atoms with van der Waals surface area (Å²) >= 11 is 0. The minimum Gasteiger partial charge on any atom is -0.344 e. The number of rotatable bonds is 2. The van der Waals surface area contributed by atoms with Crippen LogP contribution in [0.1, 0.15) is 22.3 Å². The van der Waals surface area contributed by atoms with Gasteiger partial charge in [-0.2, -0.15) is 0 Å². The van der Waals surface area contributed by atoms with E-state index in [1.807, 2.05) is 0 Å². The zero-order chi connectivity index (χ0) is 13.3. The first-order chi connectivity index (χ1) is 8.49. The molecule has 0 radical (unpaired) electrons. The Morgan fingerprint density at radius 3 is 1.39 bits per heavy atom. The lowest BCUT2D eigenvalue weighted by molar-refractivity contribution is 1.15. The molecule has 0 saturated carbocycles. The molecule has 0 heterocycles. The van der Waals surface area contributed by atoms with Crippen molar-refractivity contribution in [3.8, 4) is 0 Å². The van der Waals surface area contributed by atoms with Crippen molar-refractivity contribution in [2.24, 2.45) is 0 Å². The molecular weight excluding hydrogens is 218 g/mol. The molecule has 0 aliphatic rings.